The Balaban J connectivity index is 2.07. The Morgan fingerprint density at radius 2 is 2.00 bits per heavy atom. The lowest BCUT2D eigenvalue weighted by Gasteiger charge is -2.06. The van der Waals surface area contributed by atoms with Crippen LogP contribution < -0.4 is 0 Å². The highest BCUT2D eigenvalue weighted by Crippen LogP contribution is 2.10. The van der Waals surface area contributed by atoms with E-state index in [0.29, 0.717) is 5.82 Å². The third kappa shape index (κ3) is 4.75. The fraction of sp³-hybridized carbons (Fsp3) is 0.833. The first kappa shape index (κ1) is 13.2. The number of nitrogens with zero attached hydrogens (tertiary/aromatic N) is 3. The van der Waals surface area contributed by atoms with Gasteiger partial charge in [-0.15, -0.1) is 10.2 Å². The fourth-order valence-corrected chi connectivity index (χ4v) is 1.78. The first-order valence-electron chi connectivity index (χ1n) is 6.21. The third-order valence-corrected chi connectivity index (χ3v) is 2.77. The highest BCUT2D eigenvalue weighted by molar-refractivity contribution is 4.81. The topological polar surface area (TPSA) is 50.9 Å². The molecule has 16 heavy (non-hydrogen) atoms. The molecule has 1 aromatic heterocycles. The molecule has 0 amide bonds. The maximum Gasteiger partial charge on any atom is 0.158 e. The molecular weight excluding hydrogens is 202 g/mol. The average Bonchev–Trinajstić information content (AvgIpc) is 2.70. The Hall–Kier alpha value is -0.900. The van der Waals surface area contributed by atoms with Crippen LogP contribution in [0.4, 0.5) is 0 Å². The van der Waals surface area contributed by atoms with Crippen molar-refractivity contribution >= 4 is 0 Å². The van der Waals surface area contributed by atoms with Crippen molar-refractivity contribution in [1.82, 2.24) is 14.8 Å². The molecule has 0 saturated heterocycles. The van der Waals surface area contributed by atoms with Gasteiger partial charge in [-0.2, -0.15) is 0 Å². The van der Waals surface area contributed by atoms with Crippen LogP contribution in [-0.4, -0.2) is 19.9 Å². The summed E-state index contributed by atoms with van der Waals surface area (Å²) in [5, 5.41) is 16.6. The Morgan fingerprint density at radius 3 is 2.69 bits per heavy atom. The van der Waals surface area contributed by atoms with E-state index in [0.717, 1.165) is 18.9 Å². The lowest BCUT2D eigenvalue weighted by Crippen LogP contribution is -2.03. The van der Waals surface area contributed by atoms with Crippen molar-refractivity contribution in [3.05, 3.63) is 12.2 Å². The summed E-state index contributed by atoms with van der Waals surface area (Å²) in [6.07, 6.45) is 8.04. The lowest BCUT2D eigenvalue weighted by molar-refractivity contribution is 0.264. The molecule has 0 atom stereocenters. The first-order valence-corrected chi connectivity index (χ1v) is 6.21. The summed E-state index contributed by atoms with van der Waals surface area (Å²) in [5.41, 5.74) is 0. The molecule has 0 fully saturated rings. The van der Waals surface area contributed by atoms with Crippen molar-refractivity contribution in [2.24, 2.45) is 5.92 Å². The molecule has 4 nitrogen and oxygen atoms in total. The van der Waals surface area contributed by atoms with Crippen LogP contribution in [0.25, 0.3) is 0 Å². The standard InChI is InChI=1S/C12H23N3O/c1-11(2)7-5-3-4-6-8-15-10-13-14-12(15)9-16/h10-11,16H,3-9H2,1-2H3. The highest BCUT2D eigenvalue weighted by atomic mass is 16.3. The molecule has 0 aliphatic heterocycles. The number of unbranched alkanes of at least 4 members (excludes halogenated alkanes) is 3. The summed E-state index contributed by atoms with van der Waals surface area (Å²) >= 11 is 0. The predicted octanol–water partition coefficient (Wildman–Crippen LogP) is 2.38. The molecule has 1 heterocycles. The fourth-order valence-electron chi connectivity index (χ4n) is 1.78. The zero-order chi connectivity index (χ0) is 11.8. The van der Waals surface area contributed by atoms with Gasteiger partial charge in [-0.1, -0.05) is 39.5 Å². The van der Waals surface area contributed by atoms with Crippen molar-refractivity contribution in [1.29, 1.82) is 0 Å². The van der Waals surface area contributed by atoms with E-state index >= 15 is 0 Å². The maximum atomic E-state index is 8.99. The van der Waals surface area contributed by atoms with Gasteiger partial charge in [0.15, 0.2) is 5.82 Å². The van der Waals surface area contributed by atoms with Crippen molar-refractivity contribution in [3.63, 3.8) is 0 Å². The maximum absolute atomic E-state index is 8.99. The van der Waals surface area contributed by atoms with Crippen LogP contribution in [0, 0.1) is 5.92 Å². The predicted molar refractivity (Wildman–Crippen MR) is 63.9 cm³/mol. The van der Waals surface area contributed by atoms with Gasteiger partial charge in [0.2, 0.25) is 0 Å². The average molecular weight is 225 g/mol. The van der Waals surface area contributed by atoms with Crippen molar-refractivity contribution in [2.75, 3.05) is 0 Å². The van der Waals surface area contributed by atoms with Crippen molar-refractivity contribution < 1.29 is 5.11 Å². The first-order chi connectivity index (χ1) is 7.74. The van der Waals surface area contributed by atoms with E-state index < -0.39 is 0 Å². The molecule has 1 rings (SSSR count). The number of aliphatic hydroxyl groups is 1. The molecule has 0 spiro atoms. The Labute approximate surface area is 97.7 Å². The van der Waals surface area contributed by atoms with Crippen LogP contribution >= 0.6 is 0 Å². The largest absolute Gasteiger partial charge is 0.388 e. The van der Waals surface area contributed by atoms with Gasteiger partial charge in [0.05, 0.1) is 0 Å². The highest BCUT2D eigenvalue weighted by Gasteiger charge is 2.01. The van der Waals surface area contributed by atoms with Crippen LogP contribution in [0.5, 0.6) is 0 Å². The second-order valence-electron chi connectivity index (χ2n) is 4.70. The molecular formula is C12H23N3O. The normalized spacial score (nSPS) is 11.2. The summed E-state index contributed by atoms with van der Waals surface area (Å²) < 4.78 is 1.93. The Bertz CT molecular complexity index is 284. The molecule has 1 aromatic rings. The van der Waals surface area contributed by atoms with Gasteiger partial charge in [0.1, 0.15) is 12.9 Å². The van der Waals surface area contributed by atoms with Gasteiger partial charge in [-0.25, -0.2) is 0 Å². The summed E-state index contributed by atoms with van der Waals surface area (Å²) in [6, 6.07) is 0. The number of hydrogen-bond donors (Lipinski definition) is 1. The zero-order valence-electron chi connectivity index (χ0n) is 10.4. The van der Waals surface area contributed by atoms with Crippen LogP contribution in [0.15, 0.2) is 6.33 Å². The summed E-state index contributed by atoms with van der Waals surface area (Å²) in [4.78, 5) is 0. The molecule has 0 unspecified atom stereocenters. The van der Waals surface area contributed by atoms with Gasteiger partial charge in [0, 0.05) is 6.54 Å². The Morgan fingerprint density at radius 1 is 1.25 bits per heavy atom. The molecule has 0 radical (unpaired) electrons. The van der Waals surface area contributed by atoms with Crippen LogP contribution in [0.2, 0.25) is 0 Å². The summed E-state index contributed by atoms with van der Waals surface area (Å²) in [6.45, 7) is 5.44. The summed E-state index contributed by atoms with van der Waals surface area (Å²) in [7, 11) is 0. The van der Waals surface area contributed by atoms with Crippen molar-refractivity contribution in [3.8, 4) is 0 Å². The SMILES string of the molecule is CC(C)CCCCCCn1cnnc1CO. The molecule has 0 aliphatic carbocycles. The zero-order valence-corrected chi connectivity index (χ0v) is 10.4. The van der Waals surface area contributed by atoms with Gasteiger partial charge in [-0.3, -0.25) is 0 Å². The minimum Gasteiger partial charge on any atom is -0.388 e. The second-order valence-corrected chi connectivity index (χ2v) is 4.70. The number of aromatic nitrogens is 3. The molecule has 1 N–H and O–H groups in total. The monoisotopic (exact) mass is 225 g/mol. The van der Waals surface area contributed by atoms with Crippen LogP contribution in [-0.2, 0) is 13.2 Å². The van der Waals surface area contributed by atoms with Gasteiger partial charge in [-0.05, 0) is 12.3 Å². The molecule has 92 valence electrons. The molecule has 0 bridgehead atoms. The molecule has 0 aromatic carbocycles. The number of aliphatic hydroxyl groups excluding tert-OH is 1. The number of rotatable bonds is 8. The minimum atomic E-state index is -0.0205. The quantitative estimate of drug-likeness (QED) is 0.691. The van der Waals surface area contributed by atoms with Crippen LogP contribution in [0.1, 0.15) is 51.8 Å². The van der Waals surface area contributed by atoms with E-state index in [2.05, 4.69) is 24.0 Å². The van der Waals surface area contributed by atoms with E-state index in [1.54, 1.807) is 6.33 Å². The van der Waals surface area contributed by atoms with Crippen LogP contribution in [0.3, 0.4) is 0 Å². The van der Waals surface area contributed by atoms with Gasteiger partial charge in [0.25, 0.3) is 0 Å². The van der Waals surface area contributed by atoms with E-state index in [1.165, 1.54) is 25.7 Å². The Kier molecular flexibility index (Phi) is 6.08. The van der Waals surface area contributed by atoms with E-state index in [9.17, 15) is 0 Å². The van der Waals surface area contributed by atoms with E-state index in [1.807, 2.05) is 4.57 Å². The van der Waals surface area contributed by atoms with Gasteiger partial charge < -0.3 is 9.67 Å². The molecule has 0 saturated carbocycles. The lowest BCUT2D eigenvalue weighted by atomic mass is 10.0. The second kappa shape index (κ2) is 7.39. The van der Waals surface area contributed by atoms with Gasteiger partial charge >= 0.3 is 0 Å². The molecule has 4 heteroatoms. The smallest absolute Gasteiger partial charge is 0.158 e. The summed E-state index contributed by atoms with van der Waals surface area (Å²) in [5.74, 6) is 1.49. The minimum absolute atomic E-state index is 0.0205. The van der Waals surface area contributed by atoms with Crippen molar-refractivity contribution in [2.45, 2.75) is 59.1 Å². The number of aryl methyl sites for hydroxylation is 1. The van der Waals surface area contributed by atoms with E-state index in [-0.39, 0.29) is 6.61 Å². The van der Waals surface area contributed by atoms with E-state index in [4.69, 9.17) is 5.11 Å². The molecule has 0 aliphatic rings. The third-order valence-electron chi connectivity index (χ3n) is 2.77. The number of hydrogen-bond acceptors (Lipinski definition) is 3.